The minimum atomic E-state index is -0.742. The van der Waals surface area contributed by atoms with Gasteiger partial charge in [0.15, 0.2) is 5.82 Å². The van der Waals surface area contributed by atoms with Crippen LogP contribution in [0.5, 0.6) is 0 Å². The third kappa shape index (κ3) is 4.70. The molecule has 2 spiro atoms. The van der Waals surface area contributed by atoms with E-state index in [1.165, 1.54) is 72.1 Å². The summed E-state index contributed by atoms with van der Waals surface area (Å²) in [6, 6.07) is 84.5. The number of para-hydroxylation sites is 1. The van der Waals surface area contributed by atoms with Gasteiger partial charge in [-0.3, -0.25) is 0 Å². The molecule has 0 fully saturated rings. The summed E-state index contributed by atoms with van der Waals surface area (Å²) in [4.78, 5) is 10.9. The lowest BCUT2D eigenvalue weighted by Crippen LogP contribution is -2.43. The molecule has 3 nitrogen and oxygen atoms in total. The highest BCUT2D eigenvalue weighted by Crippen LogP contribution is 2.69. The average molecular weight is 851 g/mol. The van der Waals surface area contributed by atoms with E-state index in [0.29, 0.717) is 5.82 Å². The van der Waals surface area contributed by atoms with Crippen LogP contribution in [0.2, 0.25) is 0 Å². The predicted molar refractivity (Wildman–Crippen MR) is 271 cm³/mol. The lowest BCUT2D eigenvalue weighted by atomic mass is 9.52. The van der Waals surface area contributed by atoms with Gasteiger partial charge in [-0.15, -0.1) is 0 Å². The molecule has 15 rings (SSSR count). The predicted octanol–water partition coefficient (Wildman–Crippen LogP) is 15.6. The monoisotopic (exact) mass is 850 g/mol. The fourth-order valence-corrected chi connectivity index (χ4v) is 12.7. The lowest BCUT2D eigenvalue weighted by Gasteiger charge is -2.49. The highest BCUT2D eigenvalue weighted by atomic mass is 16.3. The van der Waals surface area contributed by atoms with Gasteiger partial charge in [0, 0.05) is 27.5 Å². The normalized spacial score (nSPS) is 14.2. The summed E-state index contributed by atoms with van der Waals surface area (Å²) in [5.74, 6) is 0.692. The van der Waals surface area contributed by atoms with Crippen LogP contribution in [0.4, 0.5) is 0 Å². The van der Waals surface area contributed by atoms with Gasteiger partial charge in [-0.25, -0.2) is 9.97 Å². The molecule has 2 heterocycles. The van der Waals surface area contributed by atoms with Crippen LogP contribution in [0.15, 0.2) is 235 Å². The van der Waals surface area contributed by atoms with Gasteiger partial charge in [-0.1, -0.05) is 206 Å². The molecule has 12 aromatic rings. The molecule has 310 valence electrons. The van der Waals surface area contributed by atoms with Crippen LogP contribution in [-0.4, -0.2) is 9.97 Å². The molecule has 3 aliphatic rings. The Kier molecular flexibility index (Phi) is 7.36. The number of aromatic nitrogens is 2. The number of furan rings is 1. The number of hydrogen-bond donors (Lipinski definition) is 0. The van der Waals surface area contributed by atoms with Crippen LogP contribution in [0, 0.1) is 0 Å². The molecule has 10 aromatic carbocycles. The molecule has 0 N–H and O–H groups in total. The Hall–Kier alpha value is -8.66. The Morgan fingerprint density at radius 3 is 1.63 bits per heavy atom. The van der Waals surface area contributed by atoms with Crippen molar-refractivity contribution in [2.75, 3.05) is 0 Å². The van der Waals surface area contributed by atoms with Crippen LogP contribution >= 0.6 is 0 Å². The summed E-state index contributed by atoms with van der Waals surface area (Å²) in [6.07, 6.45) is 0. The fraction of sp³-hybridized carbons (Fsp3) is 0.0312. The van der Waals surface area contributed by atoms with E-state index in [-0.39, 0.29) is 0 Å². The molecule has 0 amide bonds. The summed E-state index contributed by atoms with van der Waals surface area (Å²) >= 11 is 0. The van der Waals surface area contributed by atoms with Crippen molar-refractivity contribution in [1.82, 2.24) is 9.97 Å². The summed E-state index contributed by atoms with van der Waals surface area (Å²) in [5, 5.41) is 4.60. The van der Waals surface area contributed by atoms with Crippen LogP contribution < -0.4 is 0 Å². The Balaban J connectivity index is 1.09. The third-order valence-electron chi connectivity index (χ3n) is 15.2. The smallest absolute Gasteiger partial charge is 0.160 e. The molecule has 0 saturated carbocycles. The highest BCUT2D eigenvalue weighted by Gasteiger charge is 2.59. The summed E-state index contributed by atoms with van der Waals surface area (Å²) in [6.45, 7) is 0. The molecule has 0 saturated heterocycles. The lowest BCUT2D eigenvalue weighted by molar-refractivity contribution is 0.634. The Bertz CT molecular complexity index is 3970. The van der Waals surface area contributed by atoms with Crippen molar-refractivity contribution >= 4 is 32.7 Å². The molecule has 0 radical (unpaired) electrons. The van der Waals surface area contributed by atoms with Gasteiger partial charge in [0.2, 0.25) is 0 Å². The molecule has 0 aliphatic heterocycles. The van der Waals surface area contributed by atoms with E-state index in [1.807, 2.05) is 0 Å². The first-order valence-electron chi connectivity index (χ1n) is 23.1. The highest BCUT2D eigenvalue weighted by molar-refractivity contribution is 6.14. The Labute approximate surface area is 387 Å². The van der Waals surface area contributed by atoms with Gasteiger partial charge in [0.25, 0.3) is 0 Å². The maximum Gasteiger partial charge on any atom is 0.160 e. The van der Waals surface area contributed by atoms with Gasteiger partial charge < -0.3 is 4.42 Å². The summed E-state index contributed by atoms with van der Waals surface area (Å²) in [5.41, 5.74) is 20.5. The first-order valence-corrected chi connectivity index (χ1v) is 23.1. The van der Waals surface area contributed by atoms with Gasteiger partial charge in [0.05, 0.1) is 22.2 Å². The second-order valence-electron chi connectivity index (χ2n) is 18.3. The maximum atomic E-state index is 6.83. The number of rotatable bonds is 3. The quantitative estimate of drug-likeness (QED) is 0.178. The summed E-state index contributed by atoms with van der Waals surface area (Å²) < 4.78 is 6.83. The molecule has 67 heavy (non-hydrogen) atoms. The standard InChI is InChI=1S/C64H38N2O/c1-2-18-40(19-3-1)55-38-56(66-62(65-55)42-34-33-39-17-4-5-20-41(39)37-42)45-24-16-31-54-59(45)47-35-36-58-60(46-23-8-15-32-57(46)67-58)61(47)64(54)52-29-13-11-27-50(52)63(51-28-12-14-30-53(51)64)48-25-9-6-21-43(48)44-22-7-10-26-49(44)63/h1-38H. The van der Waals surface area contributed by atoms with E-state index in [0.717, 1.165) is 55.4 Å². The first-order chi connectivity index (χ1) is 33.2. The molecule has 0 bridgehead atoms. The van der Waals surface area contributed by atoms with Crippen molar-refractivity contribution in [1.29, 1.82) is 0 Å². The summed E-state index contributed by atoms with van der Waals surface area (Å²) in [7, 11) is 0. The first kappa shape index (κ1) is 36.7. The maximum absolute atomic E-state index is 6.83. The van der Waals surface area contributed by atoms with Crippen molar-refractivity contribution < 1.29 is 4.42 Å². The average Bonchev–Trinajstić information content (AvgIpc) is 4.03. The Morgan fingerprint density at radius 2 is 0.896 bits per heavy atom. The third-order valence-corrected chi connectivity index (χ3v) is 15.2. The number of benzene rings is 10. The van der Waals surface area contributed by atoms with E-state index >= 15 is 0 Å². The van der Waals surface area contributed by atoms with Crippen LogP contribution in [0.1, 0.15) is 44.5 Å². The van der Waals surface area contributed by atoms with Crippen molar-refractivity contribution in [2.45, 2.75) is 10.8 Å². The van der Waals surface area contributed by atoms with Crippen molar-refractivity contribution in [2.24, 2.45) is 0 Å². The zero-order valence-electron chi connectivity index (χ0n) is 36.2. The SMILES string of the molecule is c1ccc(-c2cc(-c3cccc4c3-c3ccc5oc6ccccc6c5c3C43c4ccccc4C4(c5ccccc5-c5ccccc54)c4ccccc43)nc(-c3ccc4ccccc4c3)n2)cc1. The number of hydrogen-bond acceptors (Lipinski definition) is 3. The number of nitrogens with zero attached hydrogens (tertiary/aromatic N) is 2. The molecular weight excluding hydrogens is 813 g/mol. The topological polar surface area (TPSA) is 38.9 Å². The van der Waals surface area contributed by atoms with E-state index in [2.05, 4.69) is 231 Å². The molecule has 3 heteroatoms. The van der Waals surface area contributed by atoms with Crippen LogP contribution in [-0.2, 0) is 10.8 Å². The largest absolute Gasteiger partial charge is 0.456 e. The van der Waals surface area contributed by atoms with E-state index < -0.39 is 10.8 Å². The Morgan fingerprint density at radius 1 is 0.328 bits per heavy atom. The zero-order valence-corrected chi connectivity index (χ0v) is 36.2. The van der Waals surface area contributed by atoms with E-state index in [9.17, 15) is 0 Å². The van der Waals surface area contributed by atoms with Crippen molar-refractivity contribution in [3.8, 4) is 56.2 Å². The van der Waals surface area contributed by atoms with Crippen LogP contribution in [0.25, 0.3) is 88.9 Å². The molecule has 0 atom stereocenters. The minimum absolute atomic E-state index is 0.551. The molecule has 3 aliphatic carbocycles. The number of fused-ring (bicyclic) bond motifs is 21. The van der Waals surface area contributed by atoms with Crippen molar-refractivity contribution in [3.05, 3.63) is 275 Å². The zero-order chi connectivity index (χ0) is 43.8. The van der Waals surface area contributed by atoms with Gasteiger partial charge in [-0.2, -0.15) is 0 Å². The van der Waals surface area contributed by atoms with Gasteiger partial charge in [-0.05, 0) is 102 Å². The minimum Gasteiger partial charge on any atom is -0.456 e. The van der Waals surface area contributed by atoms with Gasteiger partial charge in [0.1, 0.15) is 11.2 Å². The van der Waals surface area contributed by atoms with E-state index in [1.54, 1.807) is 0 Å². The van der Waals surface area contributed by atoms with E-state index in [4.69, 9.17) is 14.4 Å². The second kappa shape index (κ2) is 13.4. The molecular formula is C64H38N2O. The van der Waals surface area contributed by atoms with Gasteiger partial charge >= 0.3 is 0 Å². The molecule has 0 unspecified atom stereocenters. The van der Waals surface area contributed by atoms with Crippen molar-refractivity contribution in [3.63, 3.8) is 0 Å². The molecule has 2 aromatic heterocycles. The fourth-order valence-electron chi connectivity index (χ4n) is 12.7. The van der Waals surface area contributed by atoms with Crippen LogP contribution in [0.3, 0.4) is 0 Å². The second-order valence-corrected chi connectivity index (χ2v) is 18.3.